The normalized spacial score (nSPS) is 11.9. The first-order chi connectivity index (χ1) is 21.2. The summed E-state index contributed by atoms with van der Waals surface area (Å²) >= 11 is 0. The molecule has 44 heavy (non-hydrogen) atoms. The fraction of sp³-hybridized carbons (Fsp3) is 0.0526. The van der Waals surface area contributed by atoms with Crippen LogP contribution in [0.3, 0.4) is 0 Å². The van der Waals surface area contributed by atoms with Crippen LogP contribution in [0.2, 0.25) is 0 Å². The molecule has 0 saturated heterocycles. The summed E-state index contributed by atoms with van der Waals surface area (Å²) in [6, 6.07) is 35.7. The van der Waals surface area contributed by atoms with Gasteiger partial charge in [0.2, 0.25) is 0 Å². The van der Waals surface area contributed by atoms with E-state index in [0.717, 1.165) is 0 Å². The molecule has 0 radical (unpaired) electrons. The van der Waals surface area contributed by atoms with Gasteiger partial charge in [-0.25, -0.2) is 17.6 Å². The third-order valence-corrected chi connectivity index (χ3v) is 7.97. The zero-order valence-corrected chi connectivity index (χ0v) is 23.3. The molecule has 0 atom stereocenters. The summed E-state index contributed by atoms with van der Waals surface area (Å²) in [5, 5.41) is 25.3. The van der Waals surface area contributed by atoms with E-state index in [9.17, 15) is 27.8 Å². The van der Waals surface area contributed by atoms with Gasteiger partial charge in [0.1, 0.15) is 34.5 Å². The Bertz CT molecular complexity index is 1670. The molecule has 0 amide bonds. The number of rotatable bonds is 7. The van der Waals surface area contributed by atoms with Crippen molar-refractivity contribution in [3.8, 4) is 11.1 Å². The van der Waals surface area contributed by atoms with E-state index in [-0.39, 0.29) is 0 Å². The van der Waals surface area contributed by atoms with Crippen LogP contribution >= 0.6 is 0 Å². The molecule has 0 aliphatic heterocycles. The van der Waals surface area contributed by atoms with Crippen LogP contribution in [0.25, 0.3) is 11.1 Å². The molecule has 0 saturated carbocycles. The molecule has 6 aromatic carbocycles. The van der Waals surface area contributed by atoms with Gasteiger partial charge in [-0.2, -0.15) is 0 Å². The molecule has 6 heteroatoms. The van der Waals surface area contributed by atoms with Crippen molar-refractivity contribution in [3.05, 3.63) is 202 Å². The minimum Gasteiger partial charge on any atom is -0.376 e. The number of hydrogen-bond acceptors (Lipinski definition) is 2. The topological polar surface area (TPSA) is 40.5 Å². The van der Waals surface area contributed by atoms with Crippen molar-refractivity contribution in [2.75, 3.05) is 0 Å². The Hall–Kier alpha value is -5.04. The number of aliphatic hydroxyl groups is 2. The van der Waals surface area contributed by atoms with Crippen LogP contribution in [0.1, 0.15) is 33.4 Å². The lowest BCUT2D eigenvalue weighted by atomic mass is 9.73. The molecule has 6 rings (SSSR count). The predicted molar refractivity (Wildman–Crippen MR) is 162 cm³/mol. The summed E-state index contributed by atoms with van der Waals surface area (Å²) < 4.78 is 56.1. The zero-order valence-electron chi connectivity index (χ0n) is 23.3. The Kier molecular flexibility index (Phi) is 7.64. The van der Waals surface area contributed by atoms with Gasteiger partial charge in [0, 0.05) is 11.1 Å². The summed E-state index contributed by atoms with van der Waals surface area (Å²) in [4.78, 5) is 0. The highest BCUT2D eigenvalue weighted by molar-refractivity contribution is 5.76. The van der Waals surface area contributed by atoms with Crippen LogP contribution in [0.4, 0.5) is 17.6 Å². The largest absolute Gasteiger partial charge is 0.376 e. The second-order valence-corrected chi connectivity index (χ2v) is 10.5. The SMILES string of the molecule is OC(c1ccc(F)cc1)(c1ccc(F)cc1)c1ccccc1-c1ccccc1C(O)(c1ccc(F)cc1)c1ccc(F)cc1. The van der Waals surface area contributed by atoms with Crippen LogP contribution in [0.15, 0.2) is 146 Å². The molecule has 0 heterocycles. The van der Waals surface area contributed by atoms with E-state index >= 15 is 0 Å². The molecule has 2 nitrogen and oxygen atoms in total. The summed E-state index contributed by atoms with van der Waals surface area (Å²) in [6.07, 6.45) is 0. The van der Waals surface area contributed by atoms with Crippen molar-refractivity contribution in [2.45, 2.75) is 11.2 Å². The Morgan fingerprint density at radius 3 is 0.795 bits per heavy atom. The minimum atomic E-state index is -1.88. The van der Waals surface area contributed by atoms with E-state index in [4.69, 9.17) is 0 Å². The first-order valence-corrected chi connectivity index (χ1v) is 13.9. The lowest BCUT2D eigenvalue weighted by Gasteiger charge is -2.35. The quantitative estimate of drug-likeness (QED) is 0.145. The van der Waals surface area contributed by atoms with E-state index in [1.807, 2.05) is 0 Å². The lowest BCUT2D eigenvalue weighted by molar-refractivity contribution is 0.124. The van der Waals surface area contributed by atoms with Gasteiger partial charge in [-0.1, -0.05) is 97.1 Å². The van der Waals surface area contributed by atoms with Gasteiger partial charge in [-0.05, 0) is 81.9 Å². The molecular weight excluding hydrogens is 564 g/mol. The van der Waals surface area contributed by atoms with Gasteiger partial charge < -0.3 is 10.2 Å². The van der Waals surface area contributed by atoms with Crippen LogP contribution in [0.5, 0.6) is 0 Å². The zero-order chi connectivity index (χ0) is 30.9. The monoisotopic (exact) mass is 590 g/mol. The van der Waals surface area contributed by atoms with Crippen molar-refractivity contribution in [1.29, 1.82) is 0 Å². The summed E-state index contributed by atoms with van der Waals surface area (Å²) in [5.41, 5.74) is -0.624. The van der Waals surface area contributed by atoms with Gasteiger partial charge in [-0.15, -0.1) is 0 Å². The Balaban J connectivity index is 1.64. The molecule has 0 bridgehead atoms. The maximum absolute atomic E-state index is 14.0. The molecule has 0 unspecified atom stereocenters. The van der Waals surface area contributed by atoms with Crippen molar-refractivity contribution >= 4 is 0 Å². The fourth-order valence-corrected chi connectivity index (χ4v) is 5.79. The molecule has 2 N–H and O–H groups in total. The van der Waals surface area contributed by atoms with Crippen molar-refractivity contribution in [2.24, 2.45) is 0 Å². The first kappa shape index (κ1) is 29.1. The summed E-state index contributed by atoms with van der Waals surface area (Å²) in [5.74, 6) is -1.95. The average Bonchev–Trinajstić information content (AvgIpc) is 3.05. The highest BCUT2D eigenvalue weighted by atomic mass is 19.1. The Morgan fingerprint density at radius 1 is 0.318 bits per heavy atom. The van der Waals surface area contributed by atoms with Crippen LogP contribution in [-0.4, -0.2) is 10.2 Å². The highest BCUT2D eigenvalue weighted by Gasteiger charge is 2.40. The molecular formula is C38H26F4O2. The maximum Gasteiger partial charge on any atom is 0.141 e. The number of halogens is 4. The Morgan fingerprint density at radius 2 is 0.545 bits per heavy atom. The molecule has 0 aromatic heterocycles. The second-order valence-electron chi connectivity index (χ2n) is 10.5. The standard InChI is InChI=1S/C38H26F4O2/c39-29-17-9-25(10-18-29)37(43,26-11-19-30(40)20-12-26)35-7-3-1-5-33(35)34-6-2-4-8-36(34)38(44,27-13-21-31(41)22-14-27)28-15-23-32(42)24-16-28/h1-24,43-44H. The van der Waals surface area contributed by atoms with Gasteiger partial charge in [0.15, 0.2) is 0 Å². The van der Waals surface area contributed by atoms with Gasteiger partial charge in [-0.3, -0.25) is 0 Å². The van der Waals surface area contributed by atoms with Gasteiger partial charge >= 0.3 is 0 Å². The first-order valence-electron chi connectivity index (χ1n) is 13.9. The van der Waals surface area contributed by atoms with Crippen molar-refractivity contribution < 1.29 is 27.8 Å². The van der Waals surface area contributed by atoms with E-state index in [1.165, 1.54) is 97.1 Å². The van der Waals surface area contributed by atoms with Gasteiger partial charge in [0.25, 0.3) is 0 Å². The van der Waals surface area contributed by atoms with Crippen molar-refractivity contribution in [3.63, 3.8) is 0 Å². The van der Waals surface area contributed by atoms with E-state index in [1.54, 1.807) is 48.5 Å². The van der Waals surface area contributed by atoms with E-state index < -0.39 is 34.5 Å². The summed E-state index contributed by atoms with van der Waals surface area (Å²) in [6.45, 7) is 0. The van der Waals surface area contributed by atoms with Crippen molar-refractivity contribution in [1.82, 2.24) is 0 Å². The Labute approximate surface area is 252 Å². The molecule has 0 spiro atoms. The maximum atomic E-state index is 14.0. The molecule has 0 fully saturated rings. The summed E-state index contributed by atoms with van der Waals surface area (Å²) in [7, 11) is 0. The van der Waals surface area contributed by atoms with Crippen LogP contribution in [-0.2, 0) is 11.2 Å². The smallest absolute Gasteiger partial charge is 0.141 e. The van der Waals surface area contributed by atoms with Crippen LogP contribution in [0, 0.1) is 23.3 Å². The van der Waals surface area contributed by atoms with E-state index in [2.05, 4.69) is 0 Å². The molecule has 0 aliphatic rings. The molecule has 218 valence electrons. The van der Waals surface area contributed by atoms with Crippen LogP contribution < -0.4 is 0 Å². The highest BCUT2D eigenvalue weighted by Crippen LogP contribution is 2.46. The van der Waals surface area contributed by atoms with E-state index in [0.29, 0.717) is 44.5 Å². The second kappa shape index (κ2) is 11.6. The fourth-order valence-electron chi connectivity index (χ4n) is 5.79. The average molecular weight is 591 g/mol. The minimum absolute atomic E-state index is 0.336. The molecule has 0 aliphatic carbocycles. The number of hydrogen-bond donors (Lipinski definition) is 2. The predicted octanol–water partition coefficient (Wildman–Crippen LogP) is 8.48. The number of benzene rings is 6. The van der Waals surface area contributed by atoms with Gasteiger partial charge in [0.05, 0.1) is 0 Å². The molecule has 6 aromatic rings. The lowest BCUT2D eigenvalue weighted by Crippen LogP contribution is -2.31. The third-order valence-electron chi connectivity index (χ3n) is 7.97. The third kappa shape index (κ3) is 5.08.